The Labute approximate surface area is 165 Å². The predicted molar refractivity (Wildman–Crippen MR) is 102 cm³/mol. The molecule has 2 aromatic rings. The highest BCUT2D eigenvalue weighted by molar-refractivity contribution is 6.10. The minimum Gasteiger partial charge on any atom is -0.469 e. The van der Waals surface area contributed by atoms with Gasteiger partial charge in [-0.05, 0) is 24.3 Å². The number of benzene rings is 2. The maximum atomic E-state index is 13.3. The second kappa shape index (κ2) is 8.51. The van der Waals surface area contributed by atoms with Crippen LogP contribution in [0.3, 0.4) is 0 Å². The molecule has 0 saturated heterocycles. The van der Waals surface area contributed by atoms with Crippen molar-refractivity contribution in [2.45, 2.75) is 6.42 Å². The number of hydrogen-bond donors (Lipinski definition) is 2. The third-order valence-electron chi connectivity index (χ3n) is 4.12. The topological polar surface area (TPSA) is 87.7 Å². The molecule has 0 saturated carbocycles. The summed E-state index contributed by atoms with van der Waals surface area (Å²) in [5.41, 5.74) is 1.32. The van der Waals surface area contributed by atoms with Gasteiger partial charge in [0.2, 0.25) is 5.91 Å². The largest absolute Gasteiger partial charge is 0.469 e. The van der Waals surface area contributed by atoms with Crippen LogP contribution in [-0.4, -0.2) is 31.4 Å². The molecule has 0 spiro atoms. The van der Waals surface area contributed by atoms with E-state index in [-0.39, 0.29) is 18.7 Å². The van der Waals surface area contributed by atoms with E-state index in [2.05, 4.69) is 15.4 Å². The van der Waals surface area contributed by atoms with Crippen LogP contribution < -0.4 is 15.5 Å². The fourth-order valence-corrected chi connectivity index (χ4v) is 2.77. The van der Waals surface area contributed by atoms with Gasteiger partial charge in [-0.25, -0.2) is 8.78 Å². The highest BCUT2D eigenvalue weighted by Crippen LogP contribution is 2.30. The molecule has 29 heavy (non-hydrogen) atoms. The lowest BCUT2D eigenvalue weighted by Gasteiger charge is -2.21. The number of anilines is 3. The number of fused-ring (bicyclic) bond motifs is 1. The number of carbonyl (C=O) groups excluding carboxylic acids is 3. The molecule has 3 rings (SSSR count). The van der Waals surface area contributed by atoms with Crippen molar-refractivity contribution in [1.29, 1.82) is 0 Å². The minimum absolute atomic E-state index is 0.0597. The van der Waals surface area contributed by atoms with E-state index in [0.29, 0.717) is 17.1 Å². The van der Waals surface area contributed by atoms with Gasteiger partial charge in [-0.2, -0.15) is 0 Å². The Morgan fingerprint density at radius 1 is 1.14 bits per heavy atom. The van der Waals surface area contributed by atoms with Gasteiger partial charge in [-0.3, -0.25) is 19.3 Å². The number of amides is 2. The summed E-state index contributed by atoms with van der Waals surface area (Å²) in [7, 11) is 1.24. The zero-order chi connectivity index (χ0) is 21.0. The number of nitrogens with one attached hydrogen (secondary N) is 2. The Morgan fingerprint density at radius 2 is 1.90 bits per heavy atom. The third-order valence-corrected chi connectivity index (χ3v) is 4.12. The number of rotatable bonds is 5. The van der Waals surface area contributed by atoms with Gasteiger partial charge >= 0.3 is 5.97 Å². The molecule has 1 aliphatic heterocycles. The van der Waals surface area contributed by atoms with Crippen molar-refractivity contribution < 1.29 is 27.9 Å². The summed E-state index contributed by atoms with van der Waals surface area (Å²) in [4.78, 5) is 37.9. The number of esters is 1. The van der Waals surface area contributed by atoms with Gasteiger partial charge in [0.25, 0.3) is 5.91 Å². The molecule has 0 radical (unpaired) electrons. The molecule has 7 nitrogen and oxygen atoms in total. The molecule has 150 valence electrons. The van der Waals surface area contributed by atoms with Gasteiger partial charge in [-0.15, -0.1) is 0 Å². The number of para-hydroxylation sites is 2. The molecule has 2 aromatic carbocycles. The van der Waals surface area contributed by atoms with E-state index in [9.17, 15) is 23.2 Å². The first-order chi connectivity index (χ1) is 13.9. The van der Waals surface area contributed by atoms with Crippen LogP contribution in [0.5, 0.6) is 0 Å². The number of methoxy groups -OCH3 is 1. The normalized spacial score (nSPS) is 13.0. The fraction of sp³-hybridized carbons (Fsp3) is 0.150. The molecular formula is C20H17F2N3O4. The lowest BCUT2D eigenvalue weighted by Crippen LogP contribution is -2.37. The molecular weight excluding hydrogens is 384 g/mol. The van der Waals surface area contributed by atoms with Gasteiger partial charge in [0, 0.05) is 23.5 Å². The first-order valence-corrected chi connectivity index (χ1v) is 8.57. The zero-order valence-corrected chi connectivity index (χ0v) is 15.4. The Hall–Kier alpha value is -3.75. The Morgan fingerprint density at radius 3 is 2.62 bits per heavy atom. The molecule has 1 heterocycles. The van der Waals surface area contributed by atoms with Crippen LogP contribution in [0.25, 0.3) is 0 Å². The van der Waals surface area contributed by atoms with Crippen molar-refractivity contribution in [3.63, 3.8) is 0 Å². The first-order valence-electron chi connectivity index (χ1n) is 8.57. The summed E-state index contributed by atoms with van der Waals surface area (Å²) in [6, 6.07) is 9.71. The molecule has 2 N–H and O–H groups in total. The highest BCUT2D eigenvalue weighted by Gasteiger charge is 2.25. The van der Waals surface area contributed by atoms with E-state index in [0.717, 1.165) is 12.1 Å². The van der Waals surface area contributed by atoms with Gasteiger partial charge < -0.3 is 15.4 Å². The van der Waals surface area contributed by atoms with Crippen molar-refractivity contribution in [2.24, 2.45) is 0 Å². The Bertz CT molecular complexity index is 1010. The average molecular weight is 401 g/mol. The first kappa shape index (κ1) is 20.0. The fourth-order valence-electron chi connectivity index (χ4n) is 2.77. The highest BCUT2D eigenvalue weighted by atomic mass is 19.2. The molecule has 0 aromatic heterocycles. The number of carbonyl (C=O) groups is 3. The smallest absolute Gasteiger partial charge is 0.311 e. The monoisotopic (exact) mass is 401 g/mol. The molecule has 0 atom stereocenters. The third kappa shape index (κ3) is 4.75. The van der Waals surface area contributed by atoms with Crippen molar-refractivity contribution >= 4 is 34.8 Å². The van der Waals surface area contributed by atoms with Crippen LogP contribution in [0.4, 0.5) is 25.8 Å². The minimum atomic E-state index is -1.10. The molecule has 0 aliphatic carbocycles. The summed E-state index contributed by atoms with van der Waals surface area (Å²) < 4.78 is 31.0. The van der Waals surface area contributed by atoms with Crippen LogP contribution in [0.15, 0.2) is 54.2 Å². The van der Waals surface area contributed by atoms with E-state index >= 15 is 0 Å². The van der Waals surface area contributed by atoms with Crippen LogP contribution in [0.2, 0.25) is 0 Å². The Balaban J connectivity index is 1.83. The van der Waals surface area contributed by atoms with Crippen molar-refractivity contribution in [2.75, 3.05) is 29.2 Å². The van der Waals surface area contributed by atoms with E-state index in [1.54, 1.807) is 24.3 Å². The van der Waals surface area contributed by atoms with Crippen molar-refractivity contribution in [1.82, 2.24) is 0 Å². The Kier molecular flexibility index (Phi) is 5.87. The van der Waals surface area contributed by atoms with Gasteiger partial charge in [0.1, 0.15) is 6.54 Å². The van der Waals surface area contributed by atoms with Gasteiger partial charge in [0.15, 0.2) is 11.6 Å². The van der Waals surface area contributed by atoms with Crippen LogP contribution in [0, 0.1) is 11.6 Å². The predicted octanol–water partition coefficient (Wildman–Crippen LogP) is 2.81. The average Bonchev–Trinajstić information content (AvgIpc) is 2.81. The molecule has 0 fully saturated rings. The second-order valence-corrected chi connectivity index (χ2v) is 6.17. The van der Waals surface area contributed by atoms with Crippen molar-refractivity contribution in [3.8, 4) is 0 Å². The van der Waals surface area contributed by atoms with Crippen molar-refractivity contribution in [3.05, 3.63) is 65.9 Å². The summed E-state index contributed by atoms with van der Waals surface area (Å²) >= 11 is 0. The maximum absolute atomic E-state index is 13.3. The summed E-state index contributed by atoms with van der Waals surface area (Å²) in [5.74, 6) is -3.79. The zero-order valence-electron chi connectivity index (χ0n) is 15.4. The number of nitrogens with zero attached hydrogens (tertiary/aromatic N) is 1. The lowest BCUT2D eigenvalue weighted by molar-refractivity contribution is -0.139. The van der Waals surface area contributed by atoms with E-state index in [1.165, 1.54) is 24.2 Å². The molecule has 0 unspecified atom stereocenters. The molecule has 9 heteroatoms. The standard InChI is InChI=1S/C20H17F2N3O4/c1-29-20(28)10-13-9-19(27)25(17-5-3-2-4-16(17)23-13)11-18(26)24-12-6-7-14(21)15(22)8-12/h2-9,23H,10-11H2,1H3,(H,24,26). The molecule has 0 bridgehead atoms. The molecule has 2 amide bonds. The van der Waals surface area contributed by atoms with Crippen LogP contribution >= 0.6 is 0 Å². The molecule has 1 aliphatic rings. The van der Waals surface area contributed by atoms with E-state index in [4.69, 9.17) is 0 Å². The number of hydrogen-bond acceptors (Lipinski definition) is 5. The maximum Gasteiger partial charge on any atom is 0.311 e. The van der Waals surface area contributed by atoms with Crippen LogP contribution in [-0.2, 0) is 19.1 Å². The summed E-state index contributed by atoms with van der Waals surface area (Å²) in [5, 5.41) is 5.42. The lowest BCUT2D eigenvalue weighted by atomic mass is 10.2. The van der Waals surface area contributed by atoms with Gasteiger partial charge in [0.05, 0.1) is 24.9 Å². The van der Waals surface area contributed by atoms with E-state index < -0.39 is 29.4 Å². The number of halogens is 2. The quantitative estimate of drug-likeness (QED) is 0.753. The SMILES string of the molecule is COC(=O)CC1=CC(=O)N(CC(=O)Nc2ccc(F)c(F)c2)c2ccccc2N1. The summed E-state index contributed by atoms with van der Waals surface area (Å²) in [6.07, 6.45) is 1.06. The number of ether oxygens (including phenoxy) is 1. The van der Waals surface area contributed by atoms with Crippen LogP contribution in [0.1, 0.15) is 6.42 Å². The van der Waals surface area contributed by atoms with Gasteiger partial charge in [-0.1, -0.05) is 12.1 Å². The summed E-state index contributed by atoms with van der Waals surface area (Å²) in [6.45, 7) is -0.376. The second-order valence-electron chi connectivity index (χ2n) is 6.17. The van der Waals surface area contributed by atoms with E-state index in [1.807, 2.05) is 0 Å².